The van der Waals surface area contributed by atoms with Gasteiger partial charge in [-0.3, -0.25) is 0 Å². The first kappa shape index (κ1) is 36.6. The molecule has 0 bridgehead atoms. The minimum atomic E-state index is -1.82. The first-order valence-corrected chi connectivity index (χ1v) is 3.32. The quantitative estimate of drug-likeness (QED) is 0.169. The summed E-state index contributed by atoms with van der Waals surface area (Å²) in [5, 5.41) is 44.3. The third kappa shape index (κ3) is 45.8. The van der Waals surface area contributed by atoms with E-state index in [9.17, 15) is 0 Å². The third-order valence-electron chi connectivity index (χ3n) is 0.549. The summed E-state index contributed by atoms with van der Waals surface area (Å²) in [6, 6.07) is 0. The molecule has 0 atom stereocenters. The average molecular weight is 440 g/mol. The van der Waals surface area contributed by atoms with Gasteiger partial charge in [0.05, 0.1) is 0 Å². The molecule has 6 N–H and O–H groups in total. The Labute approximate surface area is 146 Å². The van der Waals surface area contributed by atoms with Crippen LogP contribution in [0.4, 0.5) is 0 Å². The number of rotatable bonds is 0. The monoisotopic (exact) mass is 439 g/mol. The number of hydrogen-bond donors (Lipinski definition) is 6. The van der Waals surface area contributed by atoms with Crippen molar-refractivity contribution in [2.24, 2.45) is 0 Å². The van der Waals surface area contributed by atoms with Gasteiger partial charge in [0.15, 0.2) is 0 Å². The summed E-state index contributed by atoms with van der Waals surface area (Å²) in [5.41, 5.74) is 0. The van der Waals surface area contributed by atoms with E-state index in [1.165, 1.54) is 0 Å². The third-order valence-corrected chi connectivity index (χ3v) is 0.549. The molecule has 0 aliphatic heterocycles. The number of carbonyl (C=O) groups is 6. The van der Waals surface area contributed by atoms with Gasteiger partial charge in [-0.15, -0.1) is 0 Å². The Morgan fingerprint density at radius 2 is 0.476 bits per heavy atom. The molecule has 0 aromatic carbocycles. The van der Waals surface area contributed by atoms with Gasteiger partial charge in [-0.05, 0) is 0 Å². The molecule has 127 valence electrons. The molecule has 0 spiro atoms. The zero-order valence-electron chi connectivity index (χ0n) is 9.18. The largest absolute Gasteiger partial charge is 0.473 e. The molecule has 0 heterocycles. The molecule has 1 radical (unpaired) electrons. The minimum absolute atomic E-state index is 0. The second kappa shape index (κ2) is 20.7. The number of hydrogen-bond acceptors (Lipinski definition) is 6. The molecular formula is C6H6FeMnNiO12. The van der Waals surface area contributed by atoms with E-state index in [-0.39, 0.29) is 50.6 Å². The van der Waals surface area contributed by atoms with E-state index < -0.39 is 35.8 Å². The van der Waals surface area contributed by atoms with E-state index in [1.54, 1.807) is 0 Å². The van der Waals surface area contributed by atoms with Crippen LogP contribution < -0.4 is 0 Å². The van der Waals surface area contributed by atoms with Gasteiger partial charge in [-0.25, -0.2) is 28.8 Å². The van der Waals surface area contributed by atoms with Crippen molar-refractivity contribution in [3.05, 3.63) is 0 Å². The number of carboxylic acids is 6. The maximum absolute atomic E-state index is 9.10. The SMILES string of the molecule is O=C(O)C(=O)O.O=C(O)C(=O)O.O=C(O)C(=O)O.[Fe].[Mn].[Ni]. The fourth-order valence-electron chi connectivity index (χ4n) is 0. The van der Waals surface area contributed by atoms with E-state index >= 15 is 0 Å². The summed E-state index contributed by atoms with van der Waals surface area (Å²) in [6.45, 7) is 0. The van der Waals surface area contributed by atoms with Crippen molar-refractivity contribution < 1.29 is 110 Å². The van der Waals surface area contributed by atoms with Crippen LogP contribution in [-0.4, -0.2) is 66.5 Å². The van der Waals surface area contributed by atoms with Crippen LogP contribution in [0.3, 0.4) is 0 Å². The van der Waals surface area contributed by atoms with Gasteiger partial charge in [-0.1, -0.05) is 0 Å². The molecule has 0 unspecified atom stereocenters. The smallest absolute Gasteiger partial charge is 0.414 e. The van der Waals surface area contributed by atoms with Crippen molar-refractivity contribution in [1.29, 1.82) is 0 Å². The van der Waals surface area contributed by atoms with Crippen molar-refractivity contribution in [2.75, 3.05) is 0 Å². The van der Waals surface area contributed by atoms with Crippen LogP contribution in [-0.2, 0) is 79.4 Å². The van der Waals surface area contributed by atoms with E-state index in [1.807, 2.05) is 0 Å². The van der Waals surface area contributed by atoms with E-state index in [4.69, 9.17) is 59.4 Å². The van der Waals surface area contributed by atoms with Crippen LogP contribution in [0.1, 0.15) is 0 Å². The minimum Gasteiger partial charge on any atom is -0.473 e. The fraction of sp³-hybridized carbons (Fsp3) is 0. The molecule has 0 aromatic rings. The van der Waals surface area contributed by atoms with Crippen molar-refractivity contribution in [3.63, 3.8) is 0 Å². The maximum atomic E-state index is 9.10. The molecule has 0 aliphatic carbocycles. The van der Waals surface area contributed by atoms with Crippen LogP contribution in [0, 0.1) is 0 Å². The molecule has 0 fully saturated rings. The Kier molecular flexibility index (Phi) is 36.0. The van der Waals surface area contributed by atoms with Gasteiger partial charge in [-0.2, -0.15) is 0 Å². The zero-order chi connectivity index (χ0) is 15.5. The fourth-order valence-corrected chi connectivity index (χ4v) is 0. The molecule has 12 nitrogen and oxygen atoms in total. The summed E-state index contributed by atoms with van der Waals surface area (Å²) in [7, 11) is 0. The molecule has 0 amide bonds. The van der Waals surface area contributed by atoms with Gasteiger partial charge >= 0.3 is 35.8 Å². The Morgan fingerprint density at radius 3 is 0.476 bits per heavy atom. The van der Waals surface area contributed by atoms with Gasteiger partial charge in [0.25, 0.3) is 0 Å². The van der Waals surface area contributed by atoms with Gasteiger partial charge in [0.1, 0.15) is 0 Å². The van der Waals surface area contributed by atoms with Crippen molar-refractivity contribution in [3.8, 4) is 0 Å². The Balaban J connectivity index is -0.0000000375. The molecule has 0 saturated heterocycles. The van der Waals surface area contributed by atoms with Gasteiger partial charge < -0.3 is 30.6 Å². The molecule has 15 heteroatoms. The van der Waals surface area contributed by atoms with Crippen molar-refractivity contribution in [2.45, 2.75) is 0 Å². The molecule has 0 aliphatic rings. The first-order chi connectivity index (χ1) is 7.93. The average Bonchev–Trinajstić information content (AvgIpc) is 2.18. The van der Waals surface area contributed by atoms with Gasteiger partial charge in [0.2, 0.25) is 0 Å². The summed E-state index contributed by atoms with van der Waals surface area (Å²) < 4.78 is 0. The Morgan fingerprint density at radius 1 is 0.429 bits per heavy atom. The normalized spacial score (nSPS) is 6.29. The summed E-state index contributed by atoms with van der Waals surface area (Å²) in [4.78, 5) is 54.6. The molecular weight excluding hydrogens is 434 g/mol. The van der Waals surface area contributed by atoms with Crippen LogP contribution in [0.2, 0.25) is 0 Å². The molecule has 0 rings (SSSR count). The Hall–Kier alpha value is -1.65. The van der Waals surface area contributed by atoms with Crippen molar-refractivity contribution >= 4 is 35.8 Å². The molecule has 21 heavy (non-hydrogen) atoms. The van der Waals surface area contributed by atoms with E-state index in [2.05, 4.69) is 0 Å². The van der Waals surface area contributed by atoms with Crippen molar-refractivity contribution in [1.82, 2.24) is 0 Å². The second-order valence-electron chi connectivity index (χ2n) is 1.83. The summed E-state index contributed by atoms with van der Waals surface area (Å²) in [5.74, 6) is -10.9. The van der Waals surface area contributed by atoms with E-state index in [0.29, 0.717) is 0 Å². The molecule has 0 saturated carbocycles. The molecule has 0 aromatic heterocycles. The second-order valence-corrected chi connectivity index (χ2v) is 1.83. The van der Waals surface area contributed by atoms with Crippen LogP contribution >= 0.6 is 0 Å². The zero-order valence-corrected chi connectivity index (χ0v) is 12.5. The van der Waals surface area contributed by atoms with E-state index in [0.717, 1.165) is 0 Å². The standard InChI is InChI=1S/3C2H2O4.Fe.Mn.Ni/c3*3-1(4)2(5)6;;;/h3*(H,3,4)(H,5,6);;;. The van der Waals surface area contributed by atoms with Crippen LogP contribution in [0.5, 0.6) is 0 Å². The first-order valence-electron chi connectivity index (χ1n) is 3.32. The maximum Gasteiger partial charge on any atom is 0.414 e. The predicted molar refractivity (Wildman–Crippen MR) is 45.8 cm³/mol. The van der Waals surface area contributed by atoms with Crippen LogP contribution in [0.15, 0.2) is 0 Å². The van der Waals surface area contributed by atoms with Gasteiger partial charge in [0, 0.05) is 50.6 Å². The number of carboxylic acid groups (broad SMARTS) is 6. The summed E-state index contributed by atoms with van der Waals surface area (Å²) >= 11 is 0. The number of aliphatic carboxylic acids is 6. The van der Waals surface area contributed by atoms with Crippen LogP contribution in [0.25, 0.3) is 0 Å². The topological polar surface area (TPSA) is 224 Å². The summed E-state index contributed by atoms with van der Waals surface area (Å²) in [6.07, 6.45) is 0. The predicted octanol–water partition coefficient (Wildman–Crippen LogP) is -2.54. The Bertz CT molecular complexity index is 289.